The van der Waals surface area contributed by atoms with Gasteiger partial charge in [0.2, 0.25) is 0 Å². The van der Waals surface area contributed by atoms with Gasteiger partial charge in [0.05, 0.1) is 0 Å². The van der Waals surface area contributed by atoms with Crippen molar-refractivity contribution in [1.82, 2.24) is 0 Å². The van der Waals surface area contributed by atoms with Gasteiger partial charge in [0.15, 0.2) is 0 Å². The Morgan fingerprint density at radius 3 is 1.26 bits per heavy atom. The van der Waals surface area contributed by atoms with Crippen LogP contribution >= 0.6 is 0 Å². The van der Waals surface area contributed by atoms with E-state index in [0.29, 0.717) is 5.92 Å². The molecule has 4 heteroatoms. The highest BCUT2D eigenvalue weighted by atomic mass is 15.2. The maximum atomic E-state index is 4.75. The molecule has 0 aromatic rings. The van der Waals surface area contributed by atoms with Gasteiger partial charge in [-0.1, -0.05) is 130 Å². The van der Waals surface area contributed by atoms with Gasteiger partial charge >= 0.3 is 0 Å². The molecule has 228 valence electrons. The molecule has 0 spiro atoms. The highest BCUT2D eigenvalue weighted by molar-refractivity contribution is 6.02. The second-order valence-electron chi connectivity index (χ2n) is 12.0. The number of rotatable bonds is 27. The van der Waals surface area contributed by atoms with Crippen molar-refractivity contribution in [2.24, 2.45) is 26.3 Å². The lowest BCUT2D eigenvalue weighted by molar-refractivity contribution is 0.491. The smallest absolute Gasteiger partial charge is 0.0431 e. The molecule has 0 aromatic carbocycles. The molecule has 0 unspecified atom stereocenters. The van der Waals surface area contributed by atoms with Crippen LogP contribution in [0.4, 0.5) is 0 Å². The minimum absolute atomic E-state index is 0.576. The lowest BCUT2D eigenvalue weighted by atomic mass is 9.91. The Bertz CT molecular complexity index is 624. The normalized spacial score (nSPS) is 13.0. The first-order valence-electron chi connectivity index (χ1n) is 17.1. The van der Waals surface area contributed by atoms with Crippen molar-refractivity contribution in [3.8, 4) is 0 Å². The minimum atomic E-state index is 0.576. The van der Waals surface area contributed by atoms with Gasteiger partial charge in [0.25, 0.3) is 0 Å². The minimum Gasteiger partial charge on any atom is -0.160 e. The predicted molar refractivity (Wildman–Crippen MR) is 179 cm³/mol. The third-order valence-electron chi connectivity index (χ3n) is 7.79. The van der Waals surface area contributed by atoms with E-state index in [-0.39, 0.29) is 0 Å². The van der Waals surface area contributed by atoms with Gasteiger partial charge in [-0.3, -0.25) is 0 Å². The van der Waals surface area contributed by atoms with E-state index in [0.717, 1.165) is 30.7 Å². The van der Waals surface area contributed by atoms with E-state index < -0.39 is 0 Å². The summed E-state index contributed by atoms with van der Waals surface area (Å²) in [6, 6.07) is 0. The van der Waals surface area contributed by atoms with Crippen LogP contribution < -0.4 is 0 Å². The lowest BCUT2D eigenvalue weighted by Gasteiger charge is -2.16. The van der Waals surface area contributed by atoms with Gasteiger partial charge in [-0.2, -0.15) is 20.4 Å². The van der Waals surface area contributed by atoms with Crippen LogP contribution in [0.25, 0.3) is 0 Å². The van der Waals surface area contributed by atoms with E-state index in [2.05, 4.69) is 58.7 Å². The Kier molecular flexibility index (Phi) is 27.3. The Labute approximate surface area is 245 Å². The molecule has 0 aliphatic carbocycles. The van der Waals surface area contributed by atoms with Gasteiger partial charge in [-0.25, -0.2) is 0 Å². The Hall–Kier alpha value is -1.32. The average molecular weight is 545 g/mol. The first-order chi connectivity index (χ1) is 19.0. The number of hydrogen-bond donors (Lipinski definition) is 0. The van der Waals surface area contributed by atoms with Crippen LogP contribution in [0, 0.1) is 5.92 Å². The SMILES string of the molecule is CCCCCCCC(CCCCCCC)=N/N=C(\C)C/C(C)=N/N=C(\C)C(CCCCCC)CCCCCC. The van der Waals surface area contributed by atoms with E-state index >= 15 is 0 Å². The molecule has 0 amide bonds. The summed E-state index contributed by atoms with van der Waals surface area (Å²) in [7, 11) is 0. The third-order valence-corrected chi connectivity index (χ3v) is 7.79. The fourth-order valence-electron chi connectivity index (χ4n) is 5.13. The van der Waals surface area contributed by atoms with Crippen LogP contribution in [-0.2, 0) is 0 Å². The van der Waals surface area contributed by atoms with Crippen molar-refractivity contribution in [2.45, 2.75) is 196 Å². The number of unbranched alkanes of at least 4 members (excludes halogenated alkanes) is 14. The molecular formula is C35H68N4. The molecule has 4 nitrogen and oxygen atoms in total. The summed E-state index contributed by atoms with van der Waals surface area (Å²) < 4.78 is 0. The van der Waals surface area contributed by atoms with Gasteiger partial charge in [0, 0.05) is 29.3 Å². The first-order valence-corrected chi connectivity index (χ1v) is 17.1. The standard InChI is InChI=1S/C35H68N4/c1-8-12-16-20-24-28-35(29-25-21-17-13-9-2)39-37-32(6)30-31(5)36-38-33(7)34(26-22-18-14-10-3)27-23-19-15-11-4/h34H,8-30H2,1-7H3/b36-31+,37-32+,38-33+. The summed E-state index contributed by atoms with van der Waals surface area (Å²) in [5, 5.41) is 18.7. The summed E-state index contributed by atoms with van der Waals surface area (Å²) in [6.07, 6.45) is 29.1. The summed E-state index contributed by atoms with van der Waals surface area (Å²) in [5.41, 5.74) is 4.57. The highest BCUT2D eigenvalue weighted by Crippen LogP contribution is 2.20. The Morgan fingerprint density at radius 2 is 0.821 bits per heavy atom. The molecule has 0 heterocycles. The fourth-order valence-corrected chi connectivity index (χ4v) is 5.13. The van der Waals surface area contributed by atoms with Crippen molar-refractivity contribution >= 4 is 22.8 Å². The zero-order valence-electron chi connectivity index (χ0n) is 27.6. The van der Waals surface area contributed by atoms with Gasteiger partial charge in [-0.15, -0.1) is 0 Å². The van der Waals surface area contributed by atoms with Crippen molar-refractivity contribution in [3.05, 3.63) is 0 Å². The Morgan fingerprint density at radius 1 is 0.436 bits per heavy atom. The number of hydrogen-bond acceptors (Lipinski definition) is 4. The van der Waals surface area contributed by atoms with E-state index in [4.69, 9.17) is 10.2 Å². The zero-order chi connectivity index (χ0) is 29.0. The predicted octanol–water partition coefficient (Wildman–Crippen LogP) is 12.3. The molecule has 0 bridgehead atoms. The quantitative estimate of drug-likeness (QED) is 0.0561. The molecule has 0 radical (unpaired) electrons. The maximum absolute atomic E-state index is 4.75. The van der Waals surface area contributed by atoms with Gasteiger partial charge in [-0.05, 0) is 65.2 Å². The first kappa shape index (κ1) is 37.7. The fraction of sp³-hybridized carbons (Fsp3) is 0.886. The summed E-state index contributed by atoms with van der Waals surface area (Å²) in [4.78, 5) is 0. The van der Waals surface area contributed by atoms with Crippen LogP contribution in [0.5, 0.6) is 0 Å². The Balaban J connectivity index is 5.08. The lowest BCUT2D eigenvalue weighted by Crippen LogP contribution is -2.12. The van der Waals surface area contributed by atoms with E-state index in [1.165, 1.54) is 140 Å². The molecule has 0 aliphatic rings. The summed E-state index contributed by atoms with van der Waals surface area (Å²) in [6.45, 7) is 15.5. The second-order valence-corrected chi connectivity index (χ2v) is 12.0. The van der Waals surface area contributed by atoms with E-state index in [9.17, 15) is 0 Å². The highest BCUT2D eigenvalue weighted by Gasteiger charge is 2.12. The van der Waals surface area contributed by atoms with Crippen LogP contribution in [0.1, 0.15) is 196 Å². The molecule has 0 aliphatic heterocycles. The average Bonchev–Trinajstić information content (AvgIpc) is 2.93. The molecule has 39 heavy (non-hydrogen) atoms. The molecule has 0 aromatic heterocycles. The van der Waals surface area contributed by atoms with Crippen LogP contribution in [0.15, 0.2) is 20.4 Å². The molecular weight excluding hydrogens is 476 g/mol. The second kappa shape index (κ2) is 28.2. The van der Waals surface area contributed by atoms with Crippen LogP contribution in [0.2, 0.25) is 0 Å². The van der Waals surface area contributed by atoms with Crippen molar-refractivity contribution in [1.29, 1.82) is 0 Å². The largest absolute Gasteiger partial charge is 0.160 e. The molecule has 0 atom stereocenters. The topological polar surface area (TPSA) is 49.4 Å². The maximum Gasteiger partial charge on any atom is 0.0431 e. The molecule has 0 N–H and O–H groups in total. The molecule has 0 fully saturated rings. The van der Waals surface area contributed by atoms with Crippen molar-refractivity contribution in [3.63, 3.8) is 0 Å². The molecule has 0 saturated heterocycles. The van der Waals surface area contributed by atoms with Gasteiger partial charge < -0.3 is 0 Å². The zero-order valence-corrected chi connectivity index (χ0v) is 27.6. The van der Waals surface area contributed by atoms with Crippen LogP contribution in [0.3, 0.4) is 0 Å². The number of nitrogens with zero attached hydrogens (tertiary/aromatic N) is 4. The molecule has 0 saturated carbocycles. The van der Waals surface area contributed by atoms with Crippen molar-refractivity contribution < 1.29 is 0 Å². The van der Waals surface area contributed by atoms with Crippen LogP contribution in [-0.4, -0.2) is 22.8 Å². The summed E-state index contributed by atoms with van der Waals surface area (Å²) >= 11 is 0. The van der Waals surface area contributed by atoms with Crippen molar-refractivity contribution in [2.75, 3.05) is 0 Å². The van der Waals surface area contributed by atoms with Gasteiger partial charge in [0.1, 0.15) is 0 Å². The summed E-state index contributed by atoms with van der Waals surface area (Å²) in [5.74, 6) is 0.576. The third kappa shape index (κ3) is 24.2. The van der Waals surface area contributed by atoms with E-state index in [1.54, 1.807) is 0 Å². The monoisotopic (exact) mass is 545 g/mol. The molecule has 0 rings (SSSR count). The van der Waals surface area contributed by atoms with E-state index in [1.807, 2.05) is 0 Å².